The molecule has 0 aliphatic heterocycles. The van der Waals surface area contributed by atoms with E-state index in [1.807, 2.05) is 0 Å². The molecule has 2 atom stereocenters. The third-order valence-electron chi connectivity index (χ3n) is 1.56. The molecular weight excluding hydrogens is 106 g/mol. The fourth-order valence-corrected chi connectivity index (χ4v) is 1.59. The zero-order valence-corrected chi connectivity index (χ0v) is 5.37. The predicted molar refractivity (Wildman–Crippen MR) is 34.0 cm³/mol. The van der Waals surface area contributed by atoms with Gasteiger partial charge in [-0.05, 0) is 12.3 Å². The average molecular weight is 117 g/mol. The molecular formula is C5H11NS. The molecule has 0 amide bonds. The van der Waals surface area contributed by atoms with Gasteiger partial charge in [0.1, 0.15) is 0 Å². The molecule has 1 aliphatic carbocycles. The highest BCUT2D eigenvalue weighted by Crippen LogP contribution is 2.40. The van der Waals surface area contributed by atoms with Gasteiger partial charge in [0, 0.05) is 5.25 Å². The molecule has 42 valence electrons. The summed E-state index contributed by atoms with van der Waals surface area (Å²) in [6.07, 6.45) is 2.67. The van der Waals surface area contributed by atoms with Crippen LogP contribution in [0.4, 0.5) is 0 Å². The van der Waals surface area contributed by atoms with Crippen molar-refractivity contribution in [2.45, 2.75) is 25.0 Å². The second-order valence-corrected chi connectivity index (χ2v) is 2.96. The Hall–Kier alpha value is 0.310. The van der Waals surface area contributed by atoms with Crippen LogP contribution in [0.25, 0.3) is 0 Å². The summed E-state index contributed by atoms with van der Waals surface area (Å²) in [5, 5.41) is 6.13. The van der Waals surface area contributed by atoms with Gasteiger partial charge in [0.25, 0.3) is 0 Å². The van der Waals surface area contributed by atoms with E-state index in [1.54, 1.807) is 0 Å². The zero-order chi connectivity index (χ0) is 5.28. The van der Waals surface area contributed by atoms with Crippen molar-refractivity contribution >= 4 is 11.9 Å². The highest BCUT2D eigenvalue weighted by Gasteiger charge is 2.34. The fourth-order valence-electron chi connectivity index (χ4n) is 0.816. The first kappa shape index (κ1) is 5.45. The van der Waals surface area contributed by atoms with Crippen LogP contribution >= 0.6 is 11.9 Å². The molecule has 2 N–H and O–H groups in total. The van der Waals surface area contributed by atoms with Crippen LogP contribution in [0, 0.1) is 5.92 Å². The first-order chi connectivity index (χ1) is 3.38. The van der Waals surface area contributed by atoms with Crippen molar-refractivity contribution in [1.29, 1.82) is 0 Å². The molecule has 0 bridgehead atoms. The molecule has 0 radical (unpaired) electrons. The quantitative estimate of drug-likeness (QED) is 0.553. The molecule has 1 rings (SSSR count). The molecule has 1 aliphatic rings. The Labute approximate surface area is 48.8 Å². The molecule has 0 spiro atoms. The van der Waals surface area contributed by atoms with E-state index in [1.165, 1.54) is 24.8 Å². The Bertz CT molecular complexity index is 57.1. The third-order valence-corrected chi connectivity index (χ3v) is 2.48. The summed E-state index contributed by atoms with van der Waals surface area (Å²) in [7, 11) is 0. The molecule has 0 aromatic rings. The standard InChI is InChI=1S/C5H11NS/c1-2-4-3-5(4)7-6/h4-5H,2-3,6H2,1H3. The number of hydrogen-bond acceptors (Lipinski definition) is 2. The van der Waals surface area contributed by atoms with Crippen molar-refractivity contribution in [3.63, 3.8) is 0 Å². The van der Waals surface area contributed by atoms with Gasteiger partial charge in [-0.3, -0.25) is 5.14 Å². The number of nitrogens with two attached hydrogens (primary N) is 1. The largest absolute Gasteiger partial charge is 0.278 e. The van der Waals surface area contributed by atoms with Crippen LogP contribution in [-0.4, -0.2) is 5.25 Å². The summed E-state index contributed by atoms with van der Waals surface area (Å²) in [5.74, 6) is 0.954. The lowest BCUT2D eigenvalue weighted by molar-refractivity contribution is 0.803. The Morgan fingerprint density at radius 2 is 2.57 bits per heavy atom. The normalized spacial score (nSPS) is 38.6. The van der Waals surface area contributed by atoms with Crippen molar-refractivity contribution in [1.82, 2.24) is 0 Å². The molecule has 2 unspecified atom stereocenters. The van der Waals surface area contributed by atoms with Gasteiger partial charge in [-0.25, -0.2) is 0 Å². The summed E-state index contributed by atoms with van der Waals surface area (Å²) in [6, 6.07) is 0. The topological polar surface area (TPSA) is 26.0 Å². The van der Waals surface area contributed by atoms with E-state index in [0.29, 0.717) is 0 Å². The van der Waals surface area contributed by atoms with E-state index >= 15 is 0 Å². The SMILES string of the molecule is CCC1CC1SN. The lowest BCUT2D eigenvalue weighted by Gasteiger charge is -1.85. The summed E-state index contributed by atoms with van der Waals surface area (Å²) in [6.45, 7) is 2.22. The maximum Gasteiger partial charge on any atom is 0.0222 e. The molecule has 1 saturated carbocycles. The van der Waals surface area contributed by atoms with Gasteiger partial charge in [0.15, 0.2) is 0 Å². The van der Waals surface area contributed by atoms with Gasteiger partial charge < -0.3 is 0 Å². The van der Waals surface area contributed by atoms with Gasteiger partial charge in [-0.2, -0.15) is 0 Å². The van der Waals surface area contributed by atoms with E-state index in [0.717, 1.165) is 11.2 Å². The minimum atomic E-state index is 0.810. The van der Waals surface area contributed by atoms with Gasteiger partial charge in [-0.15, -0.1) is 0 Å². The molecule has 0 saturated heterocycles. The average Bonchev–Trinajstić information content (AvgIpc) is 2.43. The van der Waals surface area contributed by atoms with Crippen LogP contribution in [0.2, 0.25) is 0 Å². The van der Waals surface area contributed by atoms with E-state index in [2.05, 4.69) is 6.92 Å². The van der Waals surface area contributed by atoms with Crippen molar-refractivity contribution in [3.05, 3.63) is 0 Å². The molecule has 1 fully saturated rings. The molecule has 0 aromatic heterocycles. The third kappa shape index (κ3) is 1.10. The van der Waals surface area contributed by atoms with E-state index in [-0.39, 0.29) is 0 Å². The second-order valence-electron chi connectivity index (χ2n) is 2.08. The maximum absolute atomic E-state index is 5.32. The van der Waals surface area contributed by atoms with Gasteiger partial charge in [0.05, 0.1) is 0 Å². The van der Waals surface area contributed by atoms with Crippen molar-refractivity contribution in [2.24, 2.45) is 11.1 Å². The van der Waals surface area contributed by atoms with Crippen LogP contribution in [0.15, 0.2) is 0 Å². The van der Waals surface area contributed by atoms with Crippen LogP contribution in [0.3, 0.4) is 0 Å². The van der Waals surface area contributed by atoms with Gasteiger partial charge >= 0.3 is 0 Å². The maximum atomic E-state index is 5.32. The smallest absolute Gasteiger partial charge is 0.0222 e. The summed E-state index contributed by atoms with van der Waals surface area (Å²) in [4.78, 5) is 0. The van der Waals surface area contributed by atoms with Crippen molar-refractivity contribution < 1.29 is 0 Å². The van der Waals surface area contributed by atoms with Crippen LogP contribution in [0.5, 0.6) is 0 Å². The Kier molecular flexibility index (Phi) is 1.60. The predicted octanol–water partition coefficient (Wildman–Crippen LogP) is 1.39. The lowest BCUT2D eigenvalue weighted by Crippen LogP contribution is -1.85. The zero-order valence-electron chi connectivity index (χ0n) is 4.55. The molecule has 1 nitrogen and oxygen atoms in total. The summed E-state index contributed by atoms with van der Waals surface area (Å²) in [5.41, 5.74) is 0. The second kappa shape index (κ2) is 2.05. The lowest BCUT2D eigenvalue weighted by atomic mass is 10.3. The monoisotopic (exact) mass is 117 g/mol. The summed E-state index contributed by atoms with van der Waals surface area (Å²) < 4.78 is 0. The minimum Gasteiger partial charge on any atom is -0.278 e. The van der Waals surface area contributed by atoms with Crippen molar-refractivity contribution in [3.8, 4) is 0 Å². The molecule has 0 aromatic carbocycles. The minimum absolute atomic E-state index is 0.810. The molecule has 2 heteroatoms. The Morgan fingerprint density at radius 1 is 1.86 bits per heavy atom. The van der Waals surface area contributed by atoms with Crippen LogP contribution in [-0.2, 0) is 0 Å². The summed E-state index contributed by atoms with van der Waals surface area (Å²) >= 11 is 1.52. The number of hydrogen-bond donors (Lipinski definition) is 1. The number of rotatable bonds is 2. The Morgan fingerprint density at radius 3 is 2.71 bits per heavy atom. The van der Waals surface area contributed by atoms with Gasteiger partial charge in [0.2, 0.25) is 0 Å². The molecule has 7 heavy (non-hydrogen) atoms. The first-order valence-electron chi connectivity index (χ1n) is 2.74. The van der Waals surface area contributed by atoms with E-state index in [9.17, 15) is 0 Å². The van der Waals surface area contributed by atoms with Crippen LogP contribution in [0.1, 0.15) is 19.8 Å². The fraction of sp³-hybridized carbons (Fsp3) is 1.00. The van der Waals surface area contributed by atoms with E-state index in [4.69, 9.17) is 5.14 Å². The van der Waals surface area contributed by atoms with Crippen LogP contribution < -0.4 is 5.14 Å². The van der Waals surface area contributed by atoms with Gasteiger partial charge in [-0.1, -0.05) is 25.3 Å². The Balaban J connectivity index is 2.06. The van der Waals surface area contributed by atoms with Crippen molar-refractivity contribution in [2.75, 3.05) is 0 Å². The first-order valence-corrected chi connectivity index (χ1v) is 3.68. The highest BCUT2D eigenvalue weighted by molar-refractivity contribution is 7.98. The highest BCUT2D eigenvalue weighted by atomic mass is 32.2. The molecule has 0 heterocycles. The van der Waals surface area contributed by atoms with E-state index < -0.39 is 0 Å².